The maximum absolute atomic E-state index is 12.8. The van der Waals surface area contributed by atoms with Crippen molar-refractivity contribution >= 4 is 22.0 Å². The van der Waals surface area contributed by atoms with E-state index in [-0.39, 0.29) is 11.3 Å². The Hall–Kier alpha value is -2.95. The number of hydrogen-bond donors (Lipinski definition) is 3. The second-order valence-corrected chi connectivity index (χ2v) is 9.48. The topological polar surface area (TPSA) is 133 Å². The summed E-state index contributed by atoms with van der Waals surface area (Å²) in [4.78, 5) is 24.6. The number of hydrogen-bond acceptors (Lipinski definition) is 5. The van der Waals surface area contributed by atoms with Gasteiger partial charge in [-0.2, -0.15) is 4.31 Å². The van der Waals surface area contributed by atoms with Gasteiger partial charge in [0.05, 0.1) is 4.90 Å². The number of nitrogens with one attached hydrogen (secondary N) is 1. The zero-order valence-corrected chi connectivity index (χ0v) is 18.0. The molecular formula is C21H26N4O5S. The van der Waals surface area contributed by atoms with E-state index in [0.717, 1.165) is 16.7 Å². The van der Waals surface area contributed by atoms with Crippen molar-refractivity contribution in [1.82, 2.24) is 14.5 Å². The van der Waals surface area contributed by atoms with E-state index in [1.165, 1.54) is 4.31 Å². The van der Waals surface area contributed by atoms with E-state index >= 15 is 0 Å². The lowest BCUT2D eigenvalue weighted by Gasteiger charge is -2.31. The maximum Gasteiger partial charge on any atom is 0.405 e. The first-order valence-corrected chi connectivity index (χ1v) is 11.3. The lowest BCUT2D eigenvalue weighted by atomic mass is 10.0. The van der Waals surface area contributed by atoms with Gasteiger partial charge in [0.1, 0.15) is 6.04 Å². The first-order valence-electron chi connectivity index (χ1n) is 9.83. The number of primary amides is 1. The van der Waals surface area contributed by atoms with Gasteiger partial charge in [0.25, 0.3) is 0 Å². The molecule has 9 nitrogen and oxygen atoms in total. The number of benzene rings is 2. The van der Waals surface area contributed by atoms with Gasteiger partial charge in [0.2, 0.25) is 15.9 Å². The summed E-state index contributed by atoms with van der Waals surface area (Å²) in [5.41, 5.74) is 7.71. The van der Waals surface area contributed by atoms with Crippen molar-refractivity contribution in [2.75, 3.05) is 33.2 Å². The van der Waals surface area contributed by atoms with E-state index in [9.17, 15) is 18.0 Å². The molecule has 1 aliphatic rings. The van der Waals surface area contributed by atoms with Crippen LogP contribution in [0.5, 0.6) is 0 Å². The SMILES string of the molecule is CN1CCN(S(=O)(=O)c2ccc(-c3ccc(CC(NC(=O)O)C(N)=O)cc3)cc2)CC1. The van der Waals surface area contributed by atoms with Crippen LogP contribution in [0.3, 0.4) is 0 Å². The Morgan fingerprint density at radius 3 is 2.00 bits per heavy atom. The van der Waals surface area contributed by atoms with Gasteiger partial charge in [-0.05, 0) is 35.9 Å². The summed E-state index contributed by atoms with van der Waals surface area (Å²) < 4.78 is 27.2. The molecule has 2 aromatic carbocycles. The number of nitrogens with zero attached hydrogens (tertiary/aromatic N) is 2. The minimum Gasteiger partial charge on any atom is -0.465 e. The van der Waals surface area contributed by atoms with E-state index < -0.39 is 28.1 Å². The number of likely N-dealkylation sites (N-methyl/N-ethyl adjacent to an activating group) is 1. The highest BCUT2D eigenvalue weighted by molar-refractivity contribution is 7.89. The fourth-order valence-corrected chi connectivity index (χ4v) is 4.86. The molecule has 0 bridgehead atoms. The van der Waals surface area contributed by atoms with Crippen molar-refractivity contribution in [3.63, 3.8) is 0 Å². The number of carbonyl (C=O) groups is 2. The van der Waals surface area contributed by atoms with Gasteiger partial charge in [0, 0.05) is 32.6 Å². The maximum atomic E-state index is 12.8. The third kappa shape index (κ3) is 5.60. The first kappa shape index (κ1) is 22.7. The summed E-state index contributed by atoms with van der Waals surface area (Å²) in [7, 11) is -1.54. The van der Waals surface area contributed by atoms with Crippen LogP contribution < -0.4 is 11.1 Å². The van der Waals surface area contributed by atoms with Crippen LogP contribution in [0.1, 0.15) is 5.56 Å². The summed E-state index contributed by atoms with van der Waals surface area (Å²) in [6.07, 6.45) is -1.17. The molecule has 1 fully saturated rings. The van der Waals surface area contributed by atoms with Crippen LogP contribution in [-0.2, 0) is 21.2 Å². The van der Waals surface area contributed by atoms with Crippen molar-refractivity contribution in [2.24, 2.45) is 5.73 Å². The van der Waals surface area contributed by atoms with Gasteiger partial charge in [-0.1, -0.05) is 36.4 Å². The second-order valence-electron chi connectivity index (χ2n) is 7.54. The predicted molar refractivity (Wildman–Crippen MR) is 116 cm³/mol. The van der Waals surface area contributed by atoms with Crippen LogP contribution in [0.2, 0.25) is 0 Å². The standard InChI is InChI=1S/C21H26N4O5S/c1-24-10-12-25(13-11-24)31(29,30)18-8-6-17(7-9-18)16-4-2-15(3-5-16)14-19(20(22)26)23-21(27)28/h2-9,19,23H,10-14H2,1H3,(H2,22,26)(H,27,28). The summed E-state index contributed by atoms with van der Waals surface area (Å²) >= 11 is 0. The van der Waals surface area contributed by atoms with E-state index in [2.05, 4.69) is 10.2 Å². The van der Waals surface area contributed by atoms with E-state index in [0.29, 0.717) is 26.2 Å². The molecule has 1 aliphatic heterocycles. The van der Waals surface area contributed by atoms with Gasteiger partial charge in [-0.25, -0.2) is 13.2 Å². The number of amides is 2. The lowest BCUT2D eigenvalue weighted by Crippen LogP contribution is -2.46. The second kappa shape index (κ2) is 9.46. The van der Waals surface area contributed by atoms with Gasteiger partial charge in [0.15, 0.2) is 0 Å². The Labute approximate surface area is 181 Å². The van der Waals surface area contributed by atoms with Crippen molar-refractivity contribution in [2.45, 2.75) is 17.4 Å². The van der Waals surface area contributed by atoms with Crippen molar-refractivity contribution in [3.05, 3.63) is 54.1 Å². The van der Waals surface area contributed by atoms with Gasteiger partial charge in [-0.3, -0.25) is 4.79 Å². The van der Waals surface area contributed by atoms with Crippen LogP contribution in [0.25, 0.3) is 11.1 Å². The van der Waals surface area contributed by atoms with Crippen molar-refractivity contribution in [1.29, 1.82) is 0 Å². The van der Waals surface area contributed by atoms with E-state index in [1.54, 1.807) is 36.4 Å². The fraction of sp³-hybridized carbons (Fsp3) is 0.333. The highest BCUT2D eigenvalue weighted by atomic mass is 32.2. The minimum atomic E-state index is -3.51. The van der Waals surface area contributed by atoms with E-state index in [4.69, 9.17) is 10.8 Å². The monoisotopic (exact) mass is 446 g/mol. The molecule has 0 aliphatic carbocycles. The molecule has 0 saturated carbocycles. The molecule has 0 radical (unpaired) electrons. The molecule has 166 valence electrons. The fourth-order valence-electron chi connectivity index (χ4n) is 3.44. The van der Waals surface area contributed by atoms with Crippen molar-refractivity contribution in [3.8, 4) is 11.1 Å². The Morgan fingerprint density at radius 2 is 1.52 bits per heavy atom. The minimum absolute atomic E-state index is 0.143. The number of sulfonamides is 1. The van der Waals surface area contributed by atoms with Crippen LogP contribution in [0.15, 0.2) is 53.4 Å². The lowest BCUT2D eigenvalue weighted by molar-refractivity contribution is -0.119. The zero-order valence-electron chi connectivity index (χ0n) is 17.2. The largest absolute Gasteiger partial charge is 0.465 e. The first-order chi connectivity index (χ1) is 14.7. The molecule has 1 heterocycles. The Balaban J connectivity index is 1.71. The predicted octanol–water partition coefficient (Wildman–Crippen LogP) is 0.954. The summed E-state index contributed by atoms with van der Waals surface area (Å²) in [5.74, 6) is -0.747. The summed E-state index contributed by atoms with van der Waals surface area (Å²) in [5, 5.41) is 10.9. The number of rotatable bonds is 7. The van der Waals surface area contributed by atoms with Gasteiger partial charge in [-0.15, -0.1) is 0 Å². The van der Waals surface area contributed by atoms with Gasteiger partial charge < -0.3 is 21.1 Å². The van der Waals surface area contributed by atoms with E-state index in [1.807, 2.05) is 19.2 Å². The van der Waals surface area contributed by atoms with Crippen LogP contribution >= 0.6 is 0 Å². The average Bonchev–Trinajstić information content (AvgIpc) is 2.74. The normalized spacial score (nSPS) is 16.5. The zero-order chi connectivity index (χ0) is 22.6. The number of carboxylic acid groups (broad SMARTS) is 1. The third-order valence-electron chi connectivity index (χ3n) is 5.32. The highest BCUT2D eigenvalue weighted by Crippen LogP contribution is 2.24. The third-order valence-corrected chi connectivity index (χ3v) is 7.24. The highest BCUT2D eigenvalue weighted by Gasteiger charge is 2.27. The molecule has 4 N–H and O–H groups in total. The van der Waals surface area contributed by atoms with Gasteiger partial charge >= 0.3 is 6.09 Å². The quantitative estimate of drug-likeness (QED) is 0.580. The molecule has 1 unspecified atom stereocenters. The molecule has 31 heavy (non-hydrogen) atoms. The molecule has 10 heteroatoms. The molecule has 1 saturated heterocycles. The molecule has 3 rings (SSSR count). The Bertz CT molecular complexity index is 1030. The molecule has 0 spiro atoms. The number of carbonyl (C=O) groups excluding carboxylic acids is 1. The molecule has 1 atom stereocenters. The number of nitrogens with two attached hydrogens (primary N) is 1. The van der Waals surface area contributed by atoms with Crippen LogP contribution in [0.4, 0.5) is 4.79 Å². The number of piperazine rings is 1. The molecule has 0 aromatic heterocycles. The van der Waals surface area contributed by atoms with Crippen LogP contribution in [-0.4, -0.2) is 74.0 Å². The molecule has 2 aromatic rings. The summed E-state index contributed by atoms with van der Waals surface area (Å²) in [6, 6.07) is 13.0. The van der Waals surface area contributed by atoms with Crippen LogP contribution in [0, 0.1) is 0 Å². The average molecular weight is 447 g/mol. The Kier molecular flexibility index (Phi) is 6.94. The van der Waals surface area contributed by atoms with Crippen molar-refractivity contribution < 1.29 is 23.1 Å². The molecule has 2 amide bonds. The Morgan fingerprint density at radius 1 is 1.00 bits per heavy atom. The smallest absolute Gasteiger partial charge is 0.405 e. The molecular weight excluding hydrogens is 420 g/mol. The summed E-state index contributed by atoms with van der Waals surface area (Å²) in [6.45, 7) is 2.38.